The van der Waals surface area contributed by atoms with Crippen LogP contribution in [0.2, 0.25) is 0 Å². The van der Waals surface area contributed by atoms with E-state index in [1.807, 2.05) is 0 Å². The number of methoxy groups -OCH3 is 2. The van der Waals surface area contributed by atoms with Crippen molar-refractivity contribution in [3.63, 3.8) is 0 Å². The molecule has 6 rings (SSSR count). The number of nitrogen functional groups attached to an aromatic ring is 2. The second-order valence-electron chi connectivity index (χ2n) is 14.1. The maximum Gasteiger partial charge on any atom is 0.573 e. The quantitative estimate of drug-likeness (QED) is 0.0249. The van der Waals surface area contributed by atoms with Crippen LogP contribution in [0.25, 0.3) is 23.3 Å². The second-order valence-corrected chi connectivity index (χ2v) is 14.1. The molecular formula is C49H36F6N2O10. The number of carbonyl (C=O) groups excluding carboxylic acids is 4. The summed E-state index contributed by atoms with van der Waals surface area (Å²) in [6, 6.07) is 24.9. The highest BCUT2D eigenvalue weighted by molar-refractivity contribution is 6.16. The van der Waals surface area contributed by atoms with Gasteiger partial charge in [0.25, 0.3) is 0 Å². The molecule has 67 heavy (non-hydrogen) atoms. The number of nitrogens with two attached hydrogens (primary N) is 2. The lowest BCUT2D eigenvalue weighted by atomic mass is 9.88. The molecule has 0 amide bonds. The minimum absolute atomic E-state index is 0.0133. The Kier molecular flexibility index (Phi) is 14.4. The van der Waals surface area contributed by atoms with Crippen molar-refractivity contribution in [1.82, 2.24) is 0 Å². The Morgan fingerprint density at radius 3 is 1.42 bits per heavy atom. The number of anilines is 2. The molecule has 0 aliphatic heterocycles. The summed E-state index contributed by atoms with van der Waals surface area (Å²) >= 11 is 0. The molecule has 0 heterocycles. The summed E-state index contributed by atoms with van der Waals surface area (Å²) in [6.07, 6.45) is -4.30. The van der Waals surface area contributed by atoms with Gasteiger partial charge in [-0.2, -0.15) is 0 Å². The Balaban J connectivity index is 1.20. The minimum Gasteiger partial charge on any atom is -0.493 e. The molecule has 0 fully saturated rings. The fraction of sp³-hybridized carbons (Fsp3) is 0.102. The van der Waals surface area contributed by atoms with Gasteiger partial charge in [-0.3, -0.25) is 9.59 Å². The zero-order chi connectivity index (χ0) is 48.6. The van der Waals surface area contributed by atoms with Crippen LogP contribution in [0.1, 0.15) is 58.1 Å². The maximum atomic E-state index is 14.0. The number of hydrogen-bond donors (Lipinski definition) is 2. The topological polar surface area (TPSA) is 176 Å². The number of carbonyl (C=O) groups is 4. The van der Waals surface area contributed by atoms with E-state index in [0.717, 1.165) is 48.5 Å². The number of alkyl halides is 6. The molecule has 6 aromatic rings. The Bertz CT molecular complexity index is 2910. The van der Waals surface area contributed by atoms with Crippen molar-refractivity contribution in [1.29, 1.82) is 0 Å². The molecule has 4 N–H and O–H groups in total. The Labute approximate surface area is 377 Å². The van der Waals surface area contributed by atoms with Crippen LogP contribution in [0.3, 0.4) is 0 Å². The van der Waals surface area contributed by atoms with E-state index in [1.54, 1.807) is 31.2 Å². The molecule has 0 radical (unpaired) electrons. The summed E-state index contributed by atoms with van der Waals surface area (Å²) in [6.45, 7) is 1.65. The van der Waals surface area contributed by atoms with Crippen molar-refractivity contribution >= 4 is 47.0 Å². The van der Waals surface area contributed by atoms with E-state index in [4.69, 9.17) is 30.4 Å². The summed E-state index contributed by atoms with van der Waals surface area (Å²) in [7, 11) is 2.64. The first kappa shape index (κ1) is 47.9. The molecule has 6 aromatic carbocycles. The minimum atomic E-state index is -4.90. The zero-order valence-corrected chi connectivity index (χ0v) is 35.3. The summed E-state index contributed by atoms with van der Waals surface area (Å²) in [5, 5.41) is 0. The predicted octanol–water partition coefficient (Wildman–Crippen LogP) is 10.9. The summed E-state index contributed by atoms with van der Waals surface area (Å²) in [5.74, 6) is -3.63. The molecule has 18 heteroatoms. The Morgan fingerprint density at radius 2 is 0.970 bits per heavy atom. The van der Waals surface area contributed by atoms with Crippen molar-refractivity contribution in [3.05, 3.63) is 166 Å². The first-order chi connectivity index (χ1) is 31.7. The lowest BCUT2D eigenvalue weighted by Gasteiger charge is -2.16. The summed E-state index contributed by atoms with van der Waals surface area (Å²) < 4.78 is 104. The van der Waals surface area contributed by atoms with Gasteiger partial charge in [0.1, 0.15) is 11.5 Å². The SMILES string of the molecule is COc1cc(C=CC(=O)c2cc(N)ccc2-c2ccc(N)c(C)c2C(=O)C=Cc2ccc(OC(=O)c3ccc(OC(F)(F)F)cc3)c(OC)c2)ccc1OC(=O)c1ccc(OC(F)(F)F)cc1. The molecular weight excluding hydrogens is 891 g/mol. The van der Waals surface area contributed by atoms with Gasteiger partial charge >= 0.3 is 24.7 Å². The van der Waals surface area contributed by atoms with E-state index in [2.05, 4.69) is 9.47 Å². The van der Waals surface area contributed by atoms with Crippen LogP contribution in [0.4, 0.5) is 37.7 Å². The van der Waals surface area contributed by atoms with E-state index >= 15 is 0 Å². The van der Waals surface area contributed by atoms with Gasteiger partial charge in [-0.25, -0.2) is 9.59 Å². The number of rotatable bonds is 15. The molecule has 0 saturated carbocycles. The normalized spacial score (nSPS) is 11.6. The number of ether oxygens (including phenoxy) is 6. The van der Waals surface area contributed by atoms with E-state index in [9.17, 15) is 45.5 Å². The number of allylic oxidation sites excluding steroid dienone is 2. The largest absolute Gasteiger partial charge is 0.573 e. The monoisotopic (exact) mass is 926 g/mol. The highest BCUT2D eigenvalue weighted by atomic mass is 19.4. The van der Waals surface area contributed by atoms with E-state index in [0.29, 0.717) is 33.5 Å². The van der Waals surface area contributed by atoms with E-state index in [1.165, 1.54) is 81.0 Å². The van der Waals surface area contributed by atoms with Crippen molar-refractivity contribution in [2.24, 2.45) is 0 Å². The van der Waals surface area contributed by atoms with Gasteiger partial charge in [0.2, 0.25) is 0 Å². The van der Waals surface area contributed by atoms with Crippen LogP contribution in [-0.4, -0.2) is 50.4 Å². The molecule has 0 atom stereocenters. The molecule has 0 unspecified atom stereocenters. The molecule has 0 saturated heterocycles. The van der Waals surface area contributed by atoms with Gasteiger partial charge in [0.15, 0.2) is 34.6 Å². The van der Waals surface area contributed by atoms with Crippen LogP contribution in [0.5, 0.6) is 34.5 Å². The van der Waals surface area contributed by atoms with Gasteiger partial charge < -0.3 is 39.9 Å². The van der Waals surface area contributed by atoms with E-state index in [-0.39, 0.29) is 50.9 Å². The highest BCUT2D eigenvalue weighted by Crippen LogP contribution is 2.36. The number of ketones is 2. The maximum absolute atomic E-state index is 14.0. The first-order valence-corrected chi connectivity index (χ1v) is 19.5. The van der Waals surface area contributed by atoms with Crippen molar-refractivity contribution in [3.8, 4) is 45.6 Å². The predicted molar refractivity (Wildman–Crippen MR) is 234 cm³/mol. The summed E-state index contributed by atoms with van der Waals surface area (Å²) in [4.78, 5) is 53.5. The fourth-order valence-corrected chi connectivity index (χ4v) is 6.43. The Hall–Kier alpha value is -8.54. The number of benzene rings is 6. The lowest BCUT2D eigenvalue weighted by molar-refractivity contribution is -0.275. The standard InChI is InChI=1S/C49H36F6N2O10/c1-27-38(57)19-18-36(45(27)40(59)21-5-29-7-23-42(44(25-29)63-3)65-47(61)31-10-15-34(16-11-31)67-49(53,54)55)35-17-12-32(56)26-37(35)39(58)20-4-28-6-22-41(43(24-28)62-2)64-46(60)30-8-13-33(14-9-30)66-48(50,51)52/h4-26H,56-57H2,1-3H3. The van der Waals surface area contributed by atoms with Crippen LogP contribution < -0.4 is 39.9 Å². The molecule has 344 valence electrons. The molecule has 0 aliphatic carbocycles. The number of halogens is 6. The first-order valence-electron chi connectivity index (χ1n) is 19.5. The number of esters is 2. The third kappa shape index (κ3) is 12.4. The fourth-order valence-electron chi connectivity index (χ4n) is 6.43. The van der Waals surface area contributed by atoms with Crippen molar-refractivity contribution in [2.45, 2.75) is 19.6 Å². The summed E-state index contributed by atoms with van der Waals surface area (Å²) in [5.41, 5.74) is 15.2. The Morgan fingerprint density at radius 1 is 0.522 bits per heavy atom. The molecule has 0 aliphatic rings. The molecule has 12 nitrogen and oxygen atoms in total. The van der Waals surface area contributed by atoms with Crippen LogP contribution in [0.15, 0.2) is 127 Å². The highest BCUT2D eigenvalue weighted by Gasteiger charge is 2.32. The van der Waals surface area contributed by atoms with Gasteiger partial charge in [-0.1, -0.05) is 36.4 Å². The van der Waals surface area contributed by atoms with Crippen molar-refractivity contribution < 1.29 is 73.9 Å². The second kappa shape index (κ2) is 20.1. The molecule has 0 spiro atoms. The third-order valence-electron chi connectivity index (χ3n) is 9.63. The van der Waals surface area contributed by atoms with Crippen LogP contribution in [-0.2, 0) is 0 Å². The van der Waals surface area contributed by atoms with Gasteiger partial charge in [0, 0.05) is 22.5 Å². The van der Waals surface area contributed by atoms with Crippen molar-refractivity contribution in [2.75, 3.05) is 25.7 Å². The lowest BCUT2D eigenvalue weighted by Crippen LogP contribution is -2.17. The van der Waals surface area contributed by atoms with Gasteiger partial charge in [0.05, 0.1) is 25.3 Å². The zero-order valence-electron chi connectivity index (χ0n) is 35.3. The van der Waals surface area contributed by atoms with Crippen LogP contribution in [0, 0.1) is 6.92 Å². The molecule has 0 bridgehead atoms. The number of hydrogen-bond acceptors (Lipinski definition) is 12. The van der Waals surface area contributed by atoms with Crippen LogP contribution >= 0.6 is 0 Å². The van der Waals surface area contributed by atoms with Gasteiger partial charge in [-0.05, 0) is 138 Å². The third-order valence-corrected chi connectivity index (χ3v) is 9.63. The van der Waals surface area contributed by atoms with E-state index < -0.39 is 47.7 Å². The van der Waals surface area contributed by atoms with Gasteiger partial charge in [-0.15, -0.1) is 26.3 Å². The molecule has 0 aromatic heterocycles. The average Bonchev–Trinajstić information content (AvgIpc) is 3.28. The average molecular weight is 927 g/mol. The smallest absolute Gasteiger partial charge is 0.493 e.